The van der Waals surface area contributed by atoms with Crippen molar-refractivity contribution >= 4 is 112 Å². The third-order valence-electron chi connectivity index (χ3n) is 14.3. The molecule has 0 radical (unpaired) electrons. The average molecular weight is 1430 g/mol. The van der Waals surface area contributed by atoms with E-state index in [-0.39, 0.29) is 17.7 Å². The minimum Gasteiger partial charge on any atom is -0.103 e. The van der Waals surface area contributed by atoms with Crippen LogP contribution in [0.1, 0.15) is 172 Å². The molecule has 524 valence electrons. The predicted octanol–water partition coefficient (Wildman–Crippen LogP) is 26.8. The van der Waals surface area contributed by atoms with Crippen LogP contribution in [-0.2, 0) is 39.9 Å². The molecule has 0 saturated heterocycles. The Kier molecular flexibility index (Phi) is 48.9. The van der Waals surface area contributed by atoms with Crippen molar-refractivity contribution in [3.63, 3.8) is 0 Å². The third kappa shape index (κ3) is 38.3. The molecular formula is C93H120P4S2. The Morgan fingerprint density at radius 2 is 0.434 bits per heavy atom. The summed E-state index contributed by atoms with van der Waals surface area (Å²) in [6.45, 7) is 57.3. The van der Waals surface area contributed by atoms with Crippen LogP contribution in [0, 0.1) is 27.7 Å². The monoisotopic (exact) mass is 1430 g/mol. The Labute approximate surface area is 623 Å². The average Bonchev–Trinajstić information content (AvgIpc) is 0.818. The molecule has 0 atom stereocenters. The third-order valence-corrected chi connectivity index (χ3v) is 19.2. The molecule has 10 aromatic carbocycles. The van der Waals surface area contributed by atoms with E-state index in [9.17, 15) is 0 Å². The van der Waals surface area contributed by atoms with Gasteiger partial charge in [0, 0.05) is 1.43 Å². The van der Waals surface area contributed by atoms with Gasteiger partial charge in [0.05, 0.1) is 0 Å². The van der Waals surface area contributed by atoms with Crippen molar-refractivity contribution in [3.8, 4) is 0 Å². The molecule has 0 aliphatic carbocycles. The van der Waals surface area contributed by atoms with E-state index in [4.69, 9.17) is 0 Å². The molecule has 0 aromatic heterocycles. The van der Waals surface area contributed by atoms with Gasteiger partial charge in [-0.3, -0.25) is 0 Å². The second-order valence-electron chi connectivity index (χ2n) is 26.3. The van der Waals surface area contributed by atoms with Crippen LogP contribution in [-0.4, -0.2) is 0 Å². The summed E-state index contributed by atoms with van der Waals surface area (Å²) in [6.07, 6.45) is 11.7. The standard InChI is InChI=1S/C22H19P.C20H19P.C12H16.2C11H16.C8H8.2C3H8.C3H6.2HPS.H2/c1-3-18-10-14-21(15-11-18)23(20-8-6-5-7-9-20)22-16-12-19(4-2)13-17-22;1-16-8-12-19(13-9-16)21(18-6-4-3-5-7-18)20-14-10-17(2)11-15-20;1-5-10-6-8-11(9-7-10)12(2,3)4;2*1-9-5-7-10(8-6-9)11(2,3)4;1-2-8-6-4-3-5-7-8;3*1-3-2;2*1-2;/h3-17H,1-2H2;3-15H,1-2H3;5-9H,1H2,2-4H3;2*5-8H,1-4H3;2-7H,1H2;2*3H2,1-2H3;3H,1H2,2H3;2*1H;1H/i;;;;;;;;;;;1+1. The summed E-state index contributed by atoms with van der Waals surface area (Å²) in [6, 6.07) is 93.0. The summed E-state index contributed by atoms with van der Waals surface area (Å²) in [7, 11) is 4.09. The maximum absolute atomic E-state index is 3.89. The van der Waals surface area contributed by atoms with Gasteiger partial charge < -0.3 is 0 Å². The van der Waals surface area contributed by atoms with Gasteiger partial charge in [-0.05, 0) is 154 Å². The fraction of sp³-hybridized carbons (Fsp3) is 0.247. The number of rotatable bonds is 10. The zero-order valence-corrected chi connectivity index (χ0v) is 68.8. The molecule has 99 heavy (non-hydrogen) atoms. The smallest absolute Gasteiger partial charge is 0 e. The summed E-state index contributed by atoms with van der Waals surface area (Å²) in [5.41, 5.74) is 14.9. The molecule has 0 heterocycles. The molecule has 0 fully saturated rings. The van der Waals surface area contributed by atoms with Crippen LogP contribution < -0.4 is 31.8 Å². The number of benzene rings is 10. The first-order chi connectivity index (χ1) is 47.3. The van der Waals surface area contributed by atoms with Crippen molar-refractivity contribution < 1.29 is 1.43 Å². The van der Waals surface area contributed by atoms with Gasteiger partial charge in [0.15, 0.2) is 0 Å². The molecule has 0 bridgehead atoms. The van der Waals surface area contributed by atoms with Crippen LogP contribution in [0.15, 0.2) is 300 Å². The number of allylic oxidation sites excluding steroid dienone is 1. The van der Waals surface area contributed by atoms with Gasteiger partial charge in [0.25, 0.3) is 0 Å². The van der Waals surface area contributed by atoms with Gasteiger partial charge in [-0.15, -0.1) is 6.58 Å². The fourth-order valence-corrected chi connectivity index (χ4v) is 13.3. The molecule has 0 unspecified atom stereocenters. The maximum Gasteiger partial charge on any atom is 0 e. The van der Waals surface area contributed by atoms with Crippen LogP contribution >= 0.6 is 31.9 Å². The Balaban J connectivity index is 0. The van der Waals surface area contributed by atoms with Crippen LogP contribution in [0.25, 0.3) is 24.3 Å². The SMILES string of the molecule is C=CC.C=Cc1ccc(C(C)(C)C)cc1.C=Cc1ccc(P(c2ccccc2)c2ccc(C=C)cc2)cc1.C=Cc1ccccc1.CCC.CCC.Cc1ccc(C(C)(C)C)cc1.Cc1ccc(C(C)(C)C)cc1.Cc1ccc(P(c2ccccc2)c2ccc(C)cc2)cc1.P=S.P=S.[2HH]. The van der Waals surface area contributed by atoms with Crippen LogP contribution in [0.2, 0.25) is 0 Å². The highest BCUT2D eigenvalue weighted by atomic mass is 32.4. The quantitative estimate of drug-likeness (QED) is 0.0989. The van der Waals surface area contributed by atoms with Crippen molar-refractivity contribution in [2.75, 3.05) is 0 Å². The zero-order chi connectivity index (χ0) is 74.8. The van der Waals surface area contributed by atoms with Gasteiger partial charge >= 0.3 is 0 Å². The second kappa shape index (κ2) is 52.8. The Morgan fingerprint density at radius 3 is 0.626 bits per heavy atom. The van der Waals surface area contributed by atoms with Gasteiger partial charge in [-0.25, -0.2) is 0 Å². The molecule has 0 nitrogen and oxygen atoms in total. The van der Waals surface area contributed by atoms with Gasteiger partial charge in [0.2, 0.25) is 0 Å². The molecule has 0 amide bonds. The number of aryl methyl sites for hydroxylation is 4. The molecule has 10 rings (SSSR count). The van der Waals surface area contributed by atoms with Crippen molar-refractivity contribution in [2.24, 2.45) is 0 Å². The normalized spacial score (nSPS) is 9.94. The van der Waals surface area contributed by atoms with Crippen molar-refractivity contribution in [2.45, 2.75) is 154 Å². The Hall–Kier alpha value is -7.20. The first-order valence-corrected chi connectivity index (χ1v) is 40.0. The molecule has 0 spiro atoms. The first kappa shape index (κ1) is 91.8. The van der Waals surface area contributed by atoms with Crippen LogP contribution in [0.5, 0.6) is 0 Å². The Bertz CT molecular complexity index is 3540. The summed E-state index contributed by atoms with van der Waals surface area (Å²) in [4.78, 5) is 0. The van der Waals surface area contributed by atoms with Gasteiger partial charge in [-0.1, -0.05) is 466 Å². The fourth-order valence-electron chi connectivity index (χ4n) is 8.77. The molecule has 0 aliphatic rings. The lowest BCUT2D eigenvalue weighted by Crippen LogP contribution is -2.20. The van der Waals surface area contributed by atoms with E-state index in [1.807, 2.05) is 61.6 Å². The van der Waals surface area contributed by atoms with E-state index in [0.717, 1.165) is 11.1 Å². The van der Waals surface area contributed by atoms with E-state index in [1.54, 1.807) is 6.08 Å². The molecule has 0 saturated carbocycles. The molecule has 0 N–H and O–H groups in total. The summed E-state index contributed by atoms with van der Waals surface area (Å²) in [5, 5.41) is 8.28. The number of hydrogen-bond acceptors (Lipinski definition) is 2. The molecule has 10 aromatic rings. The summed E-state index contributed by atoms with van der Waals surface area (Å²) in [5.74, 6) is 0. The lowest BCUT2D eigenvalue weighted by atomic mass is 9.87. The van der Waals surface area contributed by atoms with E-state index >= 15 is 0 Å². The Morgan fingerprint density at radius 1 is 0.283 bits per heavy atom. The maximum atomic E-state index is 3.89. The van der Waals surface area contributed by atoms with Crippen molar-refractivity contribution in [3.05, 3.63) is 361 Å². The van der Waals surface area contributed by atoms with Crippen LogP contribution in [0.3, 0.4) is 0 Å². The second-order valence-corrected chi connectivity index (χ2v) is 30.8. The van der Waals surface area contributed by atoms with E-state index < -0.39 is 15.8 Å². The highest BCUT2D eigenvalue weighted by Crippen LogP contribution is 2.34. The largest absolute Gasteiger partial charge is 0.103 e. The predicted molar refractivity (Wildman–Crippen MR) is 473 cm³/mol. The lowest BCUT2D eigenvalue weighted by molar-refractivity contribution is 0.590. The lowest BCUT2D eigenvalue weighted by Gasteiger charge is -2.19. The van der Waals surface area contributed by atoms with E-state index in [0.29, 0.717) is 0 Å². The topological polar surface area (TPSA) is 0 Å². The van der Waals surface area contributed by atoms with Crippen LogP contribution in [0.4, 0.5) is 0 Å². The highest BCUT2D eigenvalue weighted by Gasteiger charge is 2.18. The minimum absolute atomic E-state index is 0. The van der Waals surface area contributed by atoms with E-state index in [2.05, 4.69) is 421 Å². The summed E-state index contributed by atoms with van der Waals surface area (Å²) >= 11 is 7.78. The van der Waals surface area contributed by atoms with Crippen molar-refractivity contribution in [1.82, 2.24) is 0 Å². The molecule has 0 aliphatic heterocycles. The zero-order valence-electron chi connectivity index (χ0n) is 63.4. The highest BCUT2D eigenvalue weighted by molar-refractivity contribution is 7.89. The van der Waals surface area contributed by atoms with Crippen molar-refractivity contribution in [1.29, 1.82) is 0 Å². The minimum atomic E-state index is -0.549. The molecule has 6 heteroatoms. The van der Waals surface area contributed by atoms with Gasteiger partial charge in [0.1, 0.15) is 0 Å². The van der Waals surface area contributed by atoms with E-state index in [1.165, 1.54) is 94.7 Å². The molecular weight excluding hydrogens is 1310 g/mol. The number of hydrogen-bond donors (Lipinski definition) is 0. The summed E-state index contributed by atoms with van der Waals surface area (Å²) < 4.78 is 0. The first-order valence-electron chi connectivity index (χ1n) is 34.1. The van der Waals surface area contributed by atoms with Gasteiger partial charge in [-0.2, -0.15) is 0 Å².